The predicted octanol–water partition coefficient (Wildman–Crippen LogP) is 2.39. The largest absolute Gasteiger partial charge is 0.345 e. The van der Waals surface area contributed by atoms with Gasteiger partial charge in [0.05, 0.1) is 16.6 Å². The Kier molecular flexibility index (Phi) is 3.31. The van der Waals surface area contributed by atoms with Gasteiger partial charge in [-0.15, -0.1) is 0 Å². The van der Waals surface area contributed by atoms with Gasteiger partial charge in [-0.2, -0.15) is 0 Å². The maximum atomic E-state index is 12.0. The average molecular weight is 278 g/mol. The summed E-state index contributed by atoms with van der Waals surface area (Å²) in [4.78, 5) is 26.2. The third-order valence-electron chi connectivity index (χ3n) is 3.19. The van der Waals surface area contributed by atoms with E-state index in [9.17, 15) is 4.79 Å². The van der Waals surface area contributed by atoms with Crippen LogP contribution in [-0.2, 0) is 0 Å². The van der Waals surface area contributed by atoms with Gasteiger partial charge in [0.2, 0.25) is 0 Å². The summed E-state index contributed by atoms with van der Waals surface area (Å²) in [5.41, 5.74) is 4.07. The van der Waals surface area contributed by atoms with Crippen LogP contribution in [0.25, 0.3) is 22.2 Å². The number of carbonyl (C=O) groups is 1. The van der Waals surface area contributed by atoms with E-state index in [-0.39, 0.29) is 5.91 Å². The zero-order chi connectivity index (χ0) is 14.8. The zero-order valence-electron chi connectivity index (χ0n) is 11.8. The van der Waals surface area contributed by atoms with Crippen molar-refractivity contribution >= 4 is 16.9 Å². The maximum Gasteiger partial charge on any atom is 0.254 e. The fraction of sp³-hybridized carbons (Fsp3) is 0.125. The molecule has 0 saturated heterocycles. The molecule has 0 aliphatic carbocycles. The Balaban J connectivity index is 2.06. The van der Waals surface area contributed by atoms with Crippen molar-refractivity contribution in [2.75, 3.05) is 14.1 Å². The minimum absolute atomic E-state index is 0.0649. The molecule has 21 heavy (non-hydrogen) atoms. The summed E-state index contributed by atoms with van der Waals surface area (Å²) in [7, 11) is 3.45. The van der Waals surface area contributed by atoms with Gasteiger partial charge in [0.15, 0.2) is 0 Å². The molecule has 5 heteroatoms. The van der Waals surface area contributed by atoms with E-state index < -0.39 is 0 Å². The number of hydrogen-bond acceptors (Lipinski definition) is 4. The lowest BCUT2D eigenvalue weighted by Gasteiger charge is -2.11. The first kappa shape index (κ1) is 13.2. The molecule has 1 amide bonds. The summed E-state index contributed by atoms with van der Waals surface area (Å²) in [6.07, 6.45) is 6.65. The molecule has 2 aromatic heterocycles. The molecule has 5 nitrogen and oxygen atoms in total. The first-order valence-electron chi connectivity index (χ1n) is 6.53. The van der Waals surface area contributed by atoms with Crippen molar-refractivity contribution in [3.8, 4) is 11.1 Å². The number of nitrogens with zero attached hydrogens (tertiary/aromatic N) is 4. The van der Waals surface area contributed by atoms with Crippen LogP contribution in [0.3, 0.4) is 0 Å². The molecule has 2 heterocycles. The molecule has 0 saturated carbocycles. The molecule has 0 radical (unpaired) electrons. The van der Waals surface area contributed by atoms with Gasteiger partial charge in [-0.05, 0) is 23.8 Å². The van der Waals surface area contributed by atoms with Crippen molar-refractivity contribution in [1.29, 1.82) is 0 Å². The predicted molar refractivity (Wildman–Crippen MR) is 80.8 cm³/mol. The monoisotopic (exact) mass is 278 g/mol. The number of aromatic nitrogens is 3. The lowest BCUT2D eigenvalue weighted by atomic mass is 10.0. The molecule has 3 aromatic rings. The van der Waals surface area contributed by atoms with Crippen LogP contribution >= 0.6 is 0 Å². The van der Waals surface area contributed by atoms with Crippen LogP contribution < -0.4 is 0 Å². The molecule has 0 unspecified atom stereocenters. The lowest BCUT2D eigenvalue weighted by Crippen LogP contribution is -2.21. The molecule has 0 N–H and O–H groups in total. The summed E-state index contributed by atoms with van der Waals surface area (Å²) in [5.74, 6) is -0.0649. The van der Waals surface area contributed by atoms with Crippen molar-refractivity contribution in [2.24, 2.45) is 0 Å². The Morgan fingerprint density at radius 2 is 1.71 bits per heavy atom. The van der Waals surface area contributed by atoms with Gasteiger partial charge in [-0.3, -0.25) is 19.7 Å². The SMILES string of the molecule is CN(C)C(=O)c1cncc(-c2ccc3nccnc3c2)c1. The van der Waals surface area contributed by atoms with Crippen LogP contribution in [0.5, 0.6) is 0 Å². The van der Waals surface area contributed by atoms with Gasteiger partial charge in [0.25, 0.3) is 5.91 Å². The van der Waals surface area contributed by atoms with Crippen molar-refractivity contribution in [3.63, 3.8) is 0 Å². The van der Waals surface area contributed by atoms with Gasteiger partial charge in [-0.1, -0.05) is 6.07 Å². The Morgan fingerprint density at radius 1 is 0.952 bits per heavy atom. The average Bonchev–Trinajstić information content (AvgIpc) is 2.53. The number of carbonyl (C=O) groups excluding carboxylic acids is 1. The molecule has 0 aliphatic heterocycles. The summed E-state index contributed by atoms with van der Waals surface area (Å²) in [5, 5.41) is 0. The van der Waals surface area contributed by atoms with E-state index in [0.29, 0.717) is 5.56 Å². The second-order valence-corrected chi connectivity index (χ2v) is 4.92. The van der Waals surface area contributed by atoms with Crippen molar-refractivity contribution in [1.82, 2.24) is 19.9 Å². The minimum atomic E-state index is -0.0649. The van der Waals surface area contributed by atoms with Gasteiger partial charge >= 0.3 is 0 Å². The number of fused-ring (bicyclic) bond motifs is 1. The Morgan fingerprint density at radius 3 is 2.48 bits per heavy atom. The fourth-order valence-electron chi connectivity index (χ4n) is 2.12. The van der Waals surface area contributed by atoms with Gasteiger partial charge in [0.1, 0.15) is 0 Å². The second-order valence-electron chi connectivity index (χ2n) is 4.92. The molecule has 3 rings (SSSR count). The Hall–Kier alpha value is -2.82. The molecule has 0 spiro atoms. The van der Waals surface area contributed by atoms with E-state index in [2.05, 4.69) is 15.0 Å². The van der Waals surface area contributed by atoms with E-state index >= 15 is 0 Å². The van der Waals surface area contributed by atoms with Crippen molar-refractivity contribution < 1.29 is 4.79 Å². The highest BCUT2D eigenvalue weighted by Gasteiger charge is 2.10. The molecule has 1 aromatic carbocycles. The van der Waals surface area contributed by atoms with E-state index in [4.69, 9.17) is 0 Å². The molecular formula is C16H14N4O. The third-order valence-corrected chi connectivity index (χ3v) is 3.19. The topological polar surface area (TPSA) is 59.0 Å². The van der Waals surface area contributed by atoms with E-state index in [1.807, 2.05) is 24.3 Å². The quantitative estimate of drug-likeness (QED) is 0.722. The number of rotatable bonds is 2. The summed E-state index contributed by atoms with van der Waals surface area (Å²) < 4.78 is 0. The van der Waals surface area contributed by atoms with E-state index in [1.165, 1.54) is 4.90 Å². The summed E-state index contributed by atoms with van der Waals surface area (Å²) >= 11 is 0. The standard InChI is InChI=1S/C16H14N4O/c1-20(2)16(21)13-7-12(9-17-10-13)11-3-4-14-15(8-11)19-6-5-18-14/h3-10H,1-2H3. The molecule has 0 atom stereocenters. The third kappa shape index (κ3) is 2.58. The second kappa shape index (κ2) is 5.28. The highest BCUT2D eigenvalue weighted by Crippen LogP contribution is 2.22. The van der Waals surface area contributed by atoms with Crippen LogP contribution in [-0.4, -0.2) is 39.9 Å². The maximum absolute atomic E-state index is 12.0. The Bertz CT molecular complexity index is 814. The van der Waals surface area contributed by atoms with Gasteiger partial charge < -0.3 is 4.90 Å². The van der Waals surface area contributed by atoms with Crippen LogP contribution in [0.2, 0.25) is 0 Å². The zero-order valence-corrected chi connectivity index (χ0v) is 11.8. The van der Waals surface area contributed by atoms with Crippen LogP contribution in [0.1, 0.15) is 10.4 Å². The van der Waals surface area contributed by atoms with Crippen molar-refractivity contribution in [3.05, 3.63) is 54.6 Å². The van der Waals surface area contributed by atoms with E-state index in [1.54, 1.807) is 38.9 Å². The van der Waals surface area contributed by atoms with Crippen LogP contribution in [0.4, 0.5) is 0 Å². The highest BCUT2D eigenvalue weighted by atomic mass is 16.2. The smallest absolute Gasteiger partial charge is 0.254 e. The minimum Gasteiger partial charge on any atom is -0.345 e. The fourth-order valence-corrected chi connectivity index (χ4v) is 2.12. The van der Waals surface area contributed by atoms with E-state index in [0.717, 1.165) is 22.2 Å². The number of pyridine rings is 1. The number of hydrogen-bond donors (Lipinski definition) is 0. The van der Waals surface area contributed by atoms with Crippen LogP contribution in [0, 0.1) is 0 Å². The normalized spacial score (nSPS) is 10.6. The molecule has 0 aliphatic rings. The lowest BCUT2D eigenvalue weighted by molar-refractivity contribution is 0.0827. The number of amides is 1. The Labute approximate surface area is 122 Å². The van der Waals surface area contributed by atoms with Gasteiger partial charge in [0, 0.05) is 44.4 Å². The highest BCUT2D eigenvalue weighted by molar-refractivity contribution is 5.95. The molecule has 104 valence electrons. The van der Waals surface area contributed by atoms with Crippen LogP contribution in [0.15, 0.2) is 49.1 Å². The van der Waals surface area contributed by atoms with Crippen molar-refractivity contribution in [2.45, 2.75) is 0 Å². The molecule has 0 bridgehead atoms. The van der Waals surface area contributed by atoms with Gasteiger partial charge in [-0.25, -0.2) is 0 Å². The summed E-state index contributed by atoms with van der Waals surface area (Å²) in [6, 6.07) is 7.66. The first-order valence-corrected chi connectivity index (χ1v) is 6.53. The molecule has 0 fully saturated rings. The summed E-state index contributed by atoms with van der Waals surface area (Å²) in [6.45, 7) is 0. The first-order chi connectivity index (χ1) is 10.1. The number of benzene rings is 1. The molecular weight excluding hydrogens is 264 g/mol.